The van der Waals surface area contributed by atoms with Gasteiger partial charge in [0.1, 0.15) is 5.92 Å². The number of carbonyl (C=O) groups is 1. The maximum Gasteiger partial charge on any atom is 0.254 e. The molecule has 5 rings (SSSR count). The molecule has 0 bridgehead atoms. The summed E-state index contributed by atoms with van der Waals surface area (Å²) in [5.41, 5.74) is 10.6. The molecule has 3 aliphatic rings. The van der Waals surface area contributed by atoms with Gasteiger partial charge in [0.25, 0.3) is 5.91 Å². The highest BCUT2D eigenvalue weighted by Crippen LogP contribution is 2.45. The van der Waals surface area contributed by atoms with E-state index in [9.17, 15) is 4.79 Å². The quantitative estimate of drug-likeness (QED) is 0.448. The van der Waals surface area contributed by atoms with Gasteiger partial charge in [0.2, 0.25) is 0 Å². The molecular formula is C26H30N6O. The monoisotopic (exact) mass is 442 g/mol. The average Bonchev–Trinajstić information content (AvgIpc) is 3.50. The van der Waals surface area contributed by atoms with Gasteiger partial charge in [0, 0.05) is 36.5 Å². The Balaban J connectivity index is 1.30. The number of benzene rings is 1. The molecule has 2 aromatic rings. The largest absolute Gasteiger partial charge is 0.359 e. The van der Waals surface area contributed by atoms with Crippen LogP contribution >= 0.6 is 0 Å². The minimum absolute atomic E-state index is 0.148. The maximum atomic E-state index is 12.2. The number of hydrazone groups is 1. The number of hydrogen-bond acceptors (Lipinski definition) is 5. The normalized spacial score (nSPS) is 20.8. The minimum Gasteiger partial charge on any atom is -0.359 e. The number of aliphatic imine (C=N–C) groups is 1. The number of allylic oxidation sites excluding steroid dienone is 1. The molecule has 3 heterocycles. The zero-order chi connectivity index (χ0) is 22.6. The first-order valence-electron chi connectivity index (χ1n) is 11.7. The number of aryl methyl sites for hydroxylation is 1. The van der Waals surface area contributed by atoms with Crippen LogP contribution in [0.15, 0.2) is 58.5 Å². The van der Waals surface area contributed by atoms with Crippen LogP contribution in [-0.4, -0.2) is 29.4 Å². The molecule has 170 valence electrons. The highest BCUT2D eigenvalue weighted by molar-refractivity contribution is 6.24. The first-order chi connectivity index (χ1) is 16.2. The van der Waals surface area contributed by atoms with Gasteiger partial charge in [-0.15, -0.1) is 0 Å². The van der Waals surface area contributed by atoms with Crippen molar-refractivity contribution < 1.29 is 4.79 Å². The van der Waals surface area contributed by atoms with Crippen LogP contribution in [0.1, 0.15) is 53.3 Å². The zero-order valence-electron chi connectivity index (χ0n) is 18.9. The highest BCUT2D eigenvalue weighted by atomic mass is 16.2. The Hall–Kier alpha value is -3.45. The van der Waals surface area contributed by atoms with Gasteiger partial charge >= 0.3 is 0 Å². The third-order valence-corrected chi connectivity index (χ3v) is 6.40. The summed E-state index contributed by atoms with van der Waals surface area (Å²) in [5, 5.41) is 10.8. The Morgan fingerprint density at radius 3 is 2.82 bits per heavy atom. The molecule has 4 N–H and O–H groups in total. The minimum atomic E-state index is -0.468. The molecule has 1 saturated carbocycles. The summed E-state index contributed by atoms with van der Waals surface area (Å²) in [6, 6.07) is 10.5. The standard InChI is InChI=1S/C26H30N6O/c1-17-20(8-5-11-27-15-18-6-3-2-4-7-18)24(19-9-10-19)22(31-17)14-23-25(29-13-12-28-23)21-16-30-32-26(21)33/h2-4,6-7,12-14,16,19,21,27-28,31H,5,8-11,15H2,1H3,(H,32,33). The topological polar surface area (TPSA) is 93.7 Å². The van der Waals surface area contributed by atoms with Gasteiger partial charge in [0.05, 0.1) is 11.4 Å². The van der Waals surface area contributed by atoms with Crippen LogP contribution in [0.2, 0.25) is 0 Å². The molecule has 1 fully saturated rings. The van der Waals surface area contributed by atoms with Crippen molar-refractivity contribution in [1.82, 2.24) is 21.0 Å². The number of carbonyl (C=O) groups excluding carboxylic acids is 1. The number of H-pyrrole nitrogens is 1. The van der Waals surface area contributed by atoms with Crippen LogP contribution in [-0.2, 0) is 17.8 Å². The Morgan fingerprint density at radius 1 is 1.21 bits per heavy atom. The van der Waals surface area contributed by atoms with Crippen molar-refractivity contribution in [2.75, 3.05) is 6.54 Å². The molecule has 1 unspecified atom stereocenters. The number of nitrogens with one attached hydrogen (secondary N) is 4. The molecule has 1 atom stereocenters. The van der Waals surface area contributed by atoms with Gasteiger partial charge in [-0.05, 0) is 67.8 Å². The second-order valence-corrected chi connectivity index (χ2v) is 8.86. The maximum absolute atomic E-state index is 12.2. The van der Waals surface area contributed by atoms with E-state index in [0.29, 0.717) is 11.6 Å². The molecule has 7 nitrogen and oxygen atoms in total. The summed E-state index contributed by atoms with van der Waals surface area (Å²) in [4.78, 5) is 20.3. The molecule has 1 aliphatic carbocycles. The number of hydrogen-bond donors (Lipinski definition) is 4. The molecule has 33 heavy (non-hydrogen) atoms. The summed E-state index contributed by atoms with van der Waals surface area (Å²) in [7, 11) is 0. The molecule has 0 spiro atoms. The predicted octanol–water partition coefficient (Wildman–Crippen LogP) is 3.51. The van der Waals surface area contributed by atoms with Gasteiger partial charge in [-0.3, -0.25) is 9.79 Å². The number of nitrogens with zero attached hydrogens (tertiary/aromatic N) is 2. The van der Waals surface area contributed by atoms with E-state index in [1.54, 1.807) is 18.6 Å². The Bertz CT molecular complexity index is 1140. The molecule has 2 aliphatic heterocycles. The first-order valence-corrected chi connectivity index (χ1v) is 11.7. The third kappa shape index (κ3) is 4.83. The lowest BCUT2D eigenvalue weighted by Crippen LogP contribution is -2.32. The summed E-state index contributed by atoms with van der Waals surface area (Å²) >= 11 is 0. The van der Waals surface area contributed by atoms with Crippen LogP contribution in [0.4, 0.5) is 0 Å². The number of amides is 1. The lowest BCUT2D eigenvalue weighted by molar-refractivity contribution is -0.120. The molecule has 0 radical (unpaired) electrons. The Kier molecular flexibility index (Phi) is 6.21. The first kappa shape index (κ1) is 21.4. The van der Waals surface area contributed by atoms with Crippen LogP contribution in [0.25, 0.3) is 6.08 Å². The third-order valence-electron chi connectivity index (χ3n) is 6.40. The SMILES string of the molecule is Cc1[nH]c(C=C2NC=CN=C2C2C=NNC2=O)c(C2CC2)c1CCCNCc1ccccc1. The van der Waals surface area contributed by atoms with E-state index in [1.807, 2.05) is 0 Å². The smallest absolute Gasteiger partial charge is 0.254 e. The summed E-state index contributed by atoms with van der Waals surface area (Å²) in [5.74, 6) is -0.000223. The number of aromatic amines is 1. The van der Waals surface area contributed by atoms with Crippen molar-refractivity contribution in [2.24, 2.45) is 16.0 Å². The summed E-state index contributed by atoms with van der Waals surface area (Å²) < 4.78 is 0. The van der Waals surface area contributed by atoms with Gasteiger partial charge in [-0.2, -0.15) is 5.10 Å². The van der Waals surface area contributed by atoms with Crippen molar-refractivity contribution in [3.8, 4) is 0 Å². The van der Waals surface area contributed by atoms with Crippen molar-refractivity contribution in [1.29, 1.82) is 0 Å². The summed E-state index contributed by atoms with van der Waals surface area (Å²) in [6.45, 7) is 4.05. The van der Waals surface area contributed by atoms with E-state index in [0.717, 1.165) is 37.3 Å². The van der Waals surface area contributed by atoms with E-state index in [-0.39, 0.29) is 5.91 Å². The number of aromatic nitrogens is 1. The van der Waals surface area contributed by atoms with E-state index in [2.05, 4.69) is 74.5 Å². The number of rotatable bonds is 9. The zero-order valence-corrected chi connectivity index (χ0v) is 18.9. The second kappa shape index (κ2) is 9.58. The van der Waals surface area contributed by atoms with E-state index < -0.39 is 5.92 Å². The van der Waals surface area contributed by atoms with Gasteiger partial charge in [0.15, 0.2) is 0 Å². The lowest BCUT2D eigenvalue weighted by atomic mass is 9.97. The molecule has 1 aromatic heterocycles. The Labute approximate surface area is 194 Å². The van der Waals surface area contributed by atoms with Crippen LogP contribution in [0, 0.1) is 12.8 Å². The fourth-order valence-corrected chi connectivity index (χ4v) is 4.61. The van der Waals surface area contributed by atoms with Crippen LogP contribution in [0.5, 0.6) is 0 Å². The lowest BCUT2D eigenvalue weighted by Gasteiger charge is -2.16. The predicted molar refractivity (Wildman–Crippen MR) is 132 cm³/mol. The molecule has 0 saturated heterocycles. The van der Waals surface area contributed by atoms with E-state index in [4.69, 9.17) is 0 Å². The van der Waals surface area contributed by atoms with Gasteiger partial charge in [-0.1, -0.05) is 30.3 Å². The fourth-order valence-electron chi connectivity index (χ4n) is 4.61. The highest BCUT2D eigenvalue weighted by Gasteiger charge is 2.32. The fraction of sp³-hybridized carbons (Fsp3) is 0.346. The van der Waals surface area contributed by atoms with Gasteiger partial charge in [-0.25, -0.2) is 5.43 Å². The van der Waals surface area contributed by atoms with Crippen LogP contribution < -0.4 is 16.1 Å². The second-order valence-electron chi connectivity index (χ2n) is 8.86. The van der Waals surface area contributed by atoms with Crippen LogP contribution in [0.3, 0.4) is 0 Å². The van der Waals surface area contributed by atoms with Crippen molar-refractivity contribution in [3.63, 3.8) is 0 Å². The summed E-state index contributed by atoms with van der Waals surface area (Å²) in [6.07, 6.45) is 11.8. The van der Waals surface area contributed by atoms with Crippen molar-refractivity contribution in [2.45, 2.75) is 45.1 Å². The average molecular weight is 443 g/mol. The van der Waals surface area contributed by atoms with Crippen molar-refractivity contribution in [3.05, 3.63) is 76.5 Å². The molecule has 1 aromatic carbocycles. The van der Waals surface area contributed by atoms with E-state index in [1.165, 1.54) is 35.2 Å². The molecule has 7 heteroatoms. The van der Waals surface area contributed by atoms with E-state index >= 15 is 0 Å². The molecule has 1 amide bonds. The van der Waals surface area contributed by atoms with Gasteiger partial charge < -0.3 is 15.6 Å². The van der Waals surface area contributed by atoms with Crippen molar-refractivity contribution >= 4 is 23.9 Å². The Morgan fingerprint density at radius 2 is 2.06 bits per heavy atom. The molecular weight excluding hydrogens is 412 g/mol.